The average Bonchev–Trinajstić information content (AvgIpc) is 2.27. The van der Waals surface area contributed by atoms with Crippen molar-refractivity contribution in [3.05, 3.63) is 18.1 Å². The lowest BCUT2D eigenvalue weighted by Crippen LogP contribution is -2.43. The Morgan fingerprint density at radius 3 is 2.69 bits per heavy atom. The Balaban J connectivity index is 1.92. The van der Waals surface area contributed by atoms with Crippen molar-refractivity contribution in [2.24, 2.45) is 5.73 Å². The van der Waals surface area contributed by atoms with E-state index in [9.17, 15) is 0 Å². The van der Waals surface area contributed by atoms with Crippen LogP contribution in [-0.2, 0) is 0 Å². The molecule has 0 amide bonds. The lowest BCUT2D eigenvalue weighted by atomic mass is 9.90. The highest BCUT2D eigenvalue weighted by Crippen LogP contribution is 2.23. The Morgan fingerprint density at radius 2 is 2.19 bits per heavy atom. The van der Waals surface area contributed by atoms with E-state index < -0.39 is 0 Å². The number of ether oxygens (including phenoxy) is 1. The highest BCUT2D eigenvalue weighted by molar-refractivity contribution is 5.11. The molecule has 1 atom stereocenters. The Bertz CT molecular complexity index is 333. The summed E-state index contributed by atoms with van der Waals surface area (Å²) in [5.74, 6) is 1.07. The second-order valence-corrected chi connectivity index (χ2v) is 4.56. The molecule has 1 heterocycles. The van der Waals surface area contributed by atoms with Crippen molar-refractivity contribution < 1.29 is 4.74 Å². The zero-order chi connectivity index (χ0) is 11.5. The molecule has 0 bridgehead atoms. The van der Waals surface area contributed by atoms with Crippen LogP contribution in [0.2, 0.25) is 0 Å². The van der Waals surface area contributed by atoms with Gasteiger partial charge in [-0.3, -0.25) is 4.98 Å². The van der Waals surface area contributed by atoms with E-state index in [4.69, 9.17) is 10.5 Å². The number of aromatic nitrogens is 2. The minimum absolute atomic E-state index is 0.235. The topological polar surface area (TPSA) is 61.0 Å². The van der Waals surface area contributed by atoms with Crippen molar-refractivity contribution >= 4 is 0 Å². The molecule has 0 aliphatic heterocycles. The Labute approximate surface area is 96.2 Å². The maximum atomic E-state index is 5.69. The van der Waals surface area contributed by atoms with E-state index in [0.717, 1.165) is 25.0 Å². The second-order valence-electron chi connectivity index (χ2n) is 4.56. The van der Waals surface area contributed by atoms with E-state index in [1.54, 1.807) is 6.20 Å². The molecule has 16 heavy (non-hydrogen) atoms. The van der Waals surface area contributed by atoms with Crippen LogP contribution in [-0.4, -0.2) is 22.1 Å². The number of hydrogen-bond acceptors (Lipinski definition) is 4. The zero-order valence-corrected chi connectivity index (χ0v) is 9.89. The van der Waals surface area contributed by atoms with Gasteiger partial charge >= 0.3 is 0 Å². The monoisotopic (exact) mass is 221 g/mol. The van der Waals surface area contributed by atoms with Crippen molar-refractivity contribution in [3.8, 4) is 5.88 Å². The van der Waals surface area contributed by atoms with Gasteiger partial charge in [0.1, 0.15) is 6.10 Å². The molecule has 2 N–H and O–H groups in total. The van der Waals surface area contributed by atoms with Crippen molar-refractivity contribution in [3.63, 3.8) is 0 Å². The minimum Gasteiger partial charge on any atom is -0.473 e. The van der Waals surface area contributed by atoms with Gasteiger partial charge in [-0.25, -0.2) is 4.98 Å². The van der Waals surface area contributed by atoms with Crippen LogP contribution in [0.15, 0.2) is 12.4 Å². The molecule has 0 spiro atoms. The first-order valence-corrected chi connectivity index (χ1v) is 5.93. The van der Waals surface area contributed by atoms with E-state index >= 15 is 0 Å². The minimum atomic E-state index is 0.235. The number of nitrogens with two attached hydrogens (primary N) is 1. The first-order valence-electron chi connectivity index (χ1n) is 5.93. The van der Waals surface area contributed by atoms with Crippen LogP contribution in [0.5, 0.6) is 5.88 Å². The van der Waals surface area contributed by atoms with Gasteiger partial charge in [0.05, 0.1) is 18.1 Å². The van der Waals surface area contributed by atoms with Gasteiger partial charge in [0, 0.05) is 6.04 Å². The molecule has 1 fully saturated rings. The third kappa shape index (κ3) is 2.50. The summed E-state index contributed by atoms with van der Waals surface area (Å²) in [4.78, 5) is 8.63. The number of nitrogens with zero attached hydrogens (tertiary/aromatic N) is 2. The zero-order valence-electron chi connectivity index (χ0n) is 9.89. The van der Waals surface area contributed by atoms with Crippen LogP contribution in [0.4, 0.5) is 0 Å². The predicted molar refractivity (Wildman–Crippen MR) is 62.4 cm³/mol. The molecule has 0 radical (unpaired) electrons. The SMILES string of the molecule is CCC(C)c1cnc(OC2CC(N)C2)cn1. The van der Waals surface area contributed by atoms with Crippen LogP contribution in [0.25, 0.3) is 0 Å². The molecule has 1 aliphatic carbocycles. The molecule has 1 saturated carbocycles. The van der Waals surface area contributed by atoms with E-state index in [-0.39, 0.29) is 6.10 Å². The fourth-order valence-corrected chi connectivity index (χ4v) is 1.72. The maximum Gasteiger partial charge on any atom is 0.232 e. The second kappa shape index (κ2) is 4.78. The van der Waals surface area contributed by atoms with Gasteiger partial charge in [0.2, 0.25) is 5.88 Å². The standard InChI is InChI=1S/C12H19N3O/c1-3-8(2)11-6-15-12(7-14-11)16-10-4-9(13)5-10/h6-10H,3-5,13H2,1-2H3. The van der Waals surface area contributed by atoms with E-state index in [2.05, 4.69) is 23.8 Å². The summed E-state index contributed by atoms with van der Waals surface area (Å²) in [5, 5.41) is 0. The molecule has 2 rings (SSSR count). The molecule has 1 unspecified atom stereocenters. The highest BCUT2D eigenvalue weighted by Gasteiger charge is 2.27. The van der Waals surface area contributed by atoms with Crippen LogP contribution in [0.3, 0.4) is 0 Å². The van der Waals surface area contributed by atoms with Gasteiger partial charge in [0.25, 0.3) is 0 Å². The highest BCUT2D eigenvalue weighted by atomic mass is 16.5. The Hall–Kier alpha value is -1.16. The lowest BCUT2D eigenvalue weighted by Gasteiger charge is -2.31. The quantitative estimate of drug-likeness (QED) is 0.843. The normalized spacial score (nSPS) is 25.9. The fourth-order valence-electron chi connectivity index (χ4n) is 1.72. The van der Waals surface area contributed by atoms with Crippen molar-refractivity contribution in [1.82, 2.24) is 9.97 Å². The summed E-state index contributed by atoms with van der Waals surface area (Å²) in [6.07, 6.45) is 6.68. The summed E-state index contributed by atoms with van der Waals surface area (Å²) in [5.41, 5.74) is 6.72. The Kier molecular flexibility index (Phi) is 3.39. The first-order chi connectivity index (χ1) is 7.69. The molecule has 0 aromatic carbocycles. The third-order valence-electron chi connectivity index (χ3n) is 3.18. The van der Waals surface area contributed by atoms with E-state index in [1.807, 2.05) is 6.20 Å². The molecular formula is C12H19N3O. The molecule has 1 aliphatic rings. The van der Waals surface area contributed by atoms with Crippen molar-refractivity contribution in [2.75, 3.05) is 0 Å². The van der Waals surface area contributed by atoms with Gasteiger partial charge in [-0.15, -0.1) is 0 Å². The summed E-state index contributed by atoms with van der Waals surface area (Å²) in [7, 11) is 0. The molecule has 4 nitrogen and oxygen atoms in total. The lowest BCUT2D eigenvalue weighted by molar-refractivity contribution is 0.0953. The van der Waals surface area contributed by atoms with Gasteiger partial charge in [-0.1, -0.05) is 13.8 Å². The van der Waals surface area contributed by atoms with Gasteiger partial charge in [0.15, 0.2) is 0 Å². The fraction of sp³-hybridized carbons (Fsp3) is 0.667. The molecule has 4 heteroatoms. The van der Waals surface area contributed by atoms with Gasteiger partial charge in [-0.05, 0) is 25.2 Å². The third-order valence-corrected chi connectivity index (χ3v) is 3.18. The molecular weight excluding hydrogens is 202 g/mol. The summed E-state index contributed by atoms with van der Waals surface area (Å²) < 4.78 is 5.64. The predicted octanol–water partition coefficient (Wildman–Crippen LogP) is 1.86. The summed E-state index contributed by atoms with van der Waals surface area (Å²) in [6, 6.07) is 0.303. The van der Waals surface area contributed by atoms with Crippen molar-refractivity contribution in [1.29, 1.82) is 0 Å². The summed E-state index contributed by atoms with van der Waals surface area (Å²) >= 11 is 0. The molecule has 1 aromatic rings. The van der Waals surface area contributed by atoms with Gasteiger partial charge < -0.3 is 10.5 Å². The molecule has 0 saturated heterocycles. The van der Waals surface area contributed by atoms with Crippen LogP contribution < -0.4 is 10.5 Å². The van der Waals surface area contributed by atoms with Gasteiger partial charge in [-0.2, -0.15) is 0 Å². The largest absolute Gasteiger partial charge is 0.473 e. The number of rotatable bonds is 4. The van der Waals surface area contributed by atoms with E-state index in [0.29, 0.717) is 17.8 Å². The van der Waals surface area contributed by atoms with Crippen LogP contribution in [0, 0.1) is 0 Å². The van der Waals surface area contributed by atoms with Crippen LogP contribution >= 0.6 is 0 Å². The first kappa shape index (κ1) is 11.3. The average molecular weight is 221 g/mol. The smallest absolute Gasteiger partial charge is 0.232 e. The summed E-state index contributed by atoms with van der Waals surface area (Å²) in [6.45, 7) is 4.29. The molecule has 88 valence electrons. The van der Waals surface area contributed by atoms with Crippen molar-refractivity contribution in [2.45, 2.75) is 51.2 Å². The van der Waals surface area contributed by atoms with Crippen LogP contribution in [0.1, 0.15) is 44.7 Å². The van der Waals surface area contributed by atoms with E-state index in [1.165, 1.54) is 0 Å². The maximum absolute atomic E-state index is 5.69. The number of hydrogen-bond donors (Lipinski definition) is 1. The Morgan fingerprint density at radius 1 is 1.44 bits per heavy atom. The molecule has 1 aromatic heterocycles.